The Balaban J connectivity index is 1.64. The van der Waals surface area contributed by atoms with Crippen LogP contribution in [0, 0.1) is 40.4 Å². The molecule has 4 rings (SSSR count). The zero-order chi connectivity index (χ0) is 18.3. The SMILES string of the molecule is [2H][C@]1(C(C)=O)CC[C@H]2[C@@H]3CC[C@H]4C[C@](C)(O)CC[C@]4(C)[C@H]3CC[C@@]21C. The van der Waals surface area contributed by atoms with Crippen LogP contribution < -0.4 is 0 Å². The van der Waals surface area contributed by atoms with Crippen LogP contribution in [0.4, 0.5) is 0 Å². The van der Waals surface area contributed by atoms with Crippen LogP contribution in [0.15, 0.2) is 0 Å². The molecule has 2 heteroatoms. The molecule has 0 heterocycles. The molecule has 0 aliphatic heterocycles. The van der Waals surface area contributed by atoms with E-state index in [1.54, 1.807) is 6.92 Å². The Labute approximate surface area is 149 Å². The second kappa shape index (κ2) is 5.32. The minimum Gasteiger partial charge on any atom is -0.390 e. The first-order valence-corrected chi connectivity index (χ1v) is 10.3. The minimum atomic E-state index is -0.851. The molecule has 0 unspecified atom stereocenters. The first-order chi connectivity index (χ1) is 11.5. The van der Waals surface area contributed by atoms with Crippen LogP contribution in [0.5, 0.6) is 0 Å². The maximum absolute atomic E-state index is 12.3. The summed E-state index contributed by atoms with van der Waals surface area (Å²) in [4.78, 5) is 12.3. The second-order valence-electron chi connectivity index (χ2n) is 10.4. The molecule has 0 aromatic heterocycles. The van der Waals surface area contributed by atoms with Crippen molar-refractivity contribution in [3.05, 3.63) is 0 Å². The third-order valence-electron chi connectivity index (χ3n) is 9.16. The Morgan fingerprint density at radius 1 is 0.958 bits per heavy atom. The second-order valence-corrected chi connectivity index (χ2v) is 10.4. The van der Waals surface area contributed by atoms with Gasteiger partial charge >= 0.3 is 0 Å². The Bertz CT molecular complexity index is 587. The molecule has 0 saturated heterocycles. The lowest BCUT2D eigenvalue weighted by Gasteiger charge is -2.61. The molecule has 0 radical (unpaired) electrons. The van der Waals surface area contributed by atoms with Gasteiger partial charge in [0.15, 0.2) is 0 Å². The molecule has 0 amide bonds. The predicted octanol–water partition coefficient (Wildman–Crippen LogP) is 4.99. The molecule has 4 aliphatic carbocycles. The molecule has 1 N–H and O–H groups in total. The molecular weight excluding hydrogens is 296 g/mol. The van der Waals surface area contributed by atoms with Gasteiger partial charge in [-0.2, -0.15) is 0 Å². The lowest BCUT2D eigenvalue weighted by atomic mass is 9.44. The monoisotopic (exact) mass is 333 g/mol. The van der Waals surface area contributed by atoms with Gasteiger partial charge in [-0.25, -0.2) is 0 Å². The molecule has 4 fully saturated rings. The van der Waals surface area contributed by atoms with Crippen LogP contribution >= 0.6 is 0 Å². The number of ketones is 1. The molecule has 136 valence electrons. The minimum absolute atomic E-state index is 0.0876. The number of hydrogen-bond acceptors (Lipinski definition) is 2. The average Bonchev–Trinajstić information content (AvgIpc) is 2.81. The average molecular weight is 334 g/mol. The summed E-state index contributed by atoms with van der Waals surface area (Å²) in [5.41, 5.74) is -0.238. The molecule has 24 heavy (non-hydrogen) atoms. The van der Waals surface area contributed by atoms with Crippen molar-refractivity contribution < 1.29 is 11.3 Å². The molecule has 2 nitrogen and oxygen atoms in total. The maximum Gasteiger partial charge on any atom is 0.133 e. The van der Waals surface area contributed by atoms with Crippen molar-refractivity contribution in [3.63, 3.8) is 0 Å². The summed E-state index contributed by atoms with van der Waals surface area (Å²) in [7, 11) is 0. The highest BCUT2D eigenvalue weighted by Gasteiger charge is 2.61. The van der Waals surface area contributed by atoms with E-state index >= 15 is 0 Å². The van der Waals surface area contributed by atoms with Gasteiger partial charge in [0.2, 0.25) is 0 Å². The van der Waals surface area contributed by atoms with Crippen molar-refractivity contribution in [2.45, 2.75) is 91.1 Å². The number of hydrogen-bond donors (Lipinski definition) is 1. The zero-order valence-corrected chi connectivity index (χ0v) is 16.0. The maximum atomic E-state index is 12.3. The summed E-state index contributed by atoms with van der Waals surface area (Å²) in [6, 6.07) is 0. The molecule has 0 aromatic rings. The number of rotatable bonds is 1. The van der Waals surface area contributed by atoms with E-state index in [-0.39, 0.29) is 11.2 Å². The van der Waals surface area contributed by atoms with Gasteiger partial charge in [-0.1, -0.05) is 13.8 Å². The first-order valence-electron chi connectivity index (χ1n) is 10.8. The standard InChI is InChI=1S/C22H36O2/c1-14(23)17-7-8-18-16-6-5-15-13-20(2,24)11-12-21(15,3)19(16)9-10-22(17,18)4/h15-19,24H,5-13H2,1-4H3/t15-,16-,17+,18-,19-,20+,21-,22+/m0/s1/i17D. The number of fused-ring (bicyclic) bond motifs is 5. The summed E-state index contributed by atoms with van der Waals surface area (Å²) in [5.74, 6) is 1.86. The fourth-order valence-electron chi connectivity index (χ4n) is 7.82. The number of carbonyl (C=O) groups is 1. The molecule has 0 spiro atoms. The van der Waals surface area contributed by atoms with Gasteiger partial charge < -0.3 is 5.11 Å². The fraction of sp³-hybridized carbons (Fsp3) is 0.955. The number of aliphatic hydroxyl groups is 1. The van der Waals surface area contributed by atoms with Gasteiger partial charge in [0.1, 0.15) is 5.78 Å². The summed E-state index contributed by atoms with van der Waals surface area (Å²) in [6.07, 6.45) is 9.57. The molecule has 0 bridgehead atoms. The van der Waals surface area contributed by atoms with Crippen molar-refractivity contribution in [3.8, 4) is 0 Å². The van der Waals surface area contributed by atoms with E-state index in [4.69, 9.17) is 1.37 Å². The van der Waals surface area contributed by atoms with Crippen LogP contribution in [-0.4, -0.2) is 16.5 Å². The summed E-state index contributed by atoms with van der Waals surface area (Å²) in [6.45, 7) is 8.43. The van der Waals surface area contributed by atoms with Crippen LogP contribution in [0.2, 0.25) is 0 Å². The Hall–Kier alpha value is -0.370. The van der Waals surface area contributed by atoms with Crippen LogP contribution in [0.1, 0.15) is 86.9 Å². The van der Waals surface area contributed by atoms with E-state index in [1.807, 2.05) is 6.92 Å². The van der Waals surface area contributed by atoms with E-state index in [1.165, 1.54) is 19.3 Å². The van der Waals surface area contributed by atoms with Gasteiger partial charge in [-0.15, -0.1) is 0 Å². The smallest absolute Gasteiger partial charge is 0.133 e. The van der Waals surface area contributed by atoms with Crippen molar-refractivity contribution in [1.29, 1.82) is 0 Å². The largest absolute Gasteiger partial charge is 0.390 e. The van der Waals surface area contributed by atoms with E-state index in [9.17, 15) is 9.90 Å². The summed E-state index contributed by atoms with van der Waals surface area (Å²) < 4.78 is 8.96. The highest BCUT2D eigenvalue weighted by Crippen LogP contribution is 2.68. The van der Waals surface area contributed by atoms with E-state index < -0.39 is 11.5 Å². The van der Waals surface area contributed by atoms with Gasteiger partial charge in [-0.3, -0.25) is 4.79 Å². The quantitative estimate of drug-likeness (QED) is 0.734. The Morgan fingerprint density at radius 2 is 1.67 bits per heavy atom. The zero-order valence-electron chi connectivity index (χ0n) is 17.0. The third-order valence-corrected chi connectivity index (χ3v) is 9.16. The molecule has 0 aromatic carbocycles. The number of Topliss-reactive ketones (excluding diaryl/α,β-unsaturated/α-hetero) is 1. The van der Waals surface area contributed by atoms with Crippen molar-refractivity contribution in [1.82, 2.24) is 0 Å². The molecule has 4 aliphatic rings. The normalized spacial score (nSPS) is 60.6. The Morgan fingerprint density at radius 3 is 2.38 bits per heavy atom. The van der Waals surface area contributed by atoms with E-state index in [0.717, 1.165) is 44.4 Å². The summed E-state index contributed by atoms with van der Waals surface area (Å²) >= 11 is 0. The third kappa shape index (κ3) is 2.27. The topological polar surface area (TPSA) is 37.3 Å². The highest BCUT2D eigenvalue weighted by atomic mass is 16.3. The van der Waals surface area contributed by atoms with Crippen molar-refractivity contribution >= 4 is 5.78 Å². The van der Waals surface area contributed by atoms with Gasteiger partial charge in [0.25, 0.3) is 0 Å². The lowest BCUT2D eigenvalue weighted by molar-refractivity contribution is -0.150. The van der Waals surface area contributed by atoms with E-state index in [0.29, 0.717) is 23.2 Å². The van der Waals surface area contributed by atoms with Gasteiger partial charge in [0, 0.05) is 7.26 Å². The van der Waals surface area contributed by atoms with Crippen LogP contribution in [0.3, 0.4) is 0 Å². The molecule has 4 saturated carbocycles. The highest BCUT2D eigenvalue weighted by molar-refractivity contribution is 5.79. The van der Waals surface area contributed by atoms with Gasteiger partial charge in [0.05, 0.1) is 5.60 Å². The van der Waals surface area contributed by atoms with Crippen molar-refractivity contribution in [2.24, 2.45) is 40.4 Å². The van der Waals surface area contributed by atoms with Crippen LogP contribution in [0.25, 0.3) is 0 Å². The summed E-state index contributed by atoms with van der Waals surface area (Å²) in [5, 5.41) is 10.6. The Kier molecular flexibility index (Phi) is 3.51. The molecule has 8 atom stereocenters. The predicted molar refractivity (Wildman–Crippen MR) is 96.5 cm³/mol. The number of carbonyl (C=O) groups excluding carboxylic acids is 1. The first kappa shape index (κ1) is 15.9. The fourth-order valence-corrected chi connectivity index (χ4v) is 7.82. The van der Waals surface area contributed by atoms with Gasteiger partial charge in [-0.05, 0) is 106 Å². The molecular formula is C22H36O2. The van der Waals surface area contributed by atoms with E-state index in [2.05, 4.69) is 13.8 Å². The van der Waals surface area contributed by atoms with Crippen LogP contribution in [-0.2, 0) is 4.79 Å². The van der Waals surface area contributed by atoms with Crippen molar-refractivity contribution in [2.75, 3.05) is 0 Å². The lowest BCUT2D eigenvalue weighted by Crippen LogP contribution is -2.55.